The molecule has 12 atom stereocenters. The van der Waals surface area contributed by atoms with Gasteiger partial charge in [0.2, 0.25) is 70.9 Å². The van der Waals surface area contributed by atoms with Crippen LogP contribution in [0.2, 0.25) is 0 Å². The number of ether oxygens (including phenoxy) is 2. The van der Waals surface area contributed by atoms with Crippen LogP contribution in [-0.2, 0) is 67.0 Å². The van der Waals surface area contributed by atoms with Gasteiger partial charge in [0.1, 0.15) is 47.8 Å². The number of carbonyl (C=O) groups excluding carboxylic acids is 12. The van der Waals surface area contributed by atoms with Gasteiger partial charge in [0.25, 0.3) is 0 Å². The van der Waals surface area contributed by atoms with Gasteiger partial charge in [0.15, 0.2) is 0 Å². The Labute approximate surface area is 630 Å². The van der Waals surface area contributed by atoms with E-state index in [0.29, 0.717) is 70.3 Å². The third kappa shape index (κ3) is 23.2. The topological polar surface area (TPSA) is 289 Å². The highest BCUT2D eigenvalue weighted by Gasteiger charge is 2.60. The second-order valence-electron chi connectivity index (χ2n) is 31.7. The highest BCUT2D eigenvalue weighted by Crippen LogP contribution is 2.52. The first kappa shape index (κ1) is 88.5. The minimum atomic E-state index is -1.45. The monoisotopic (exact) mass is 1500 g/mol. The van der Waals surface area contributed by atoms with Gasteiger partial charge in [-0.1, -0.05) is 112 Å². The summed E-state index contributed by atoms with van der Waals surface area (Å²) in [5.41, 5.74) is -1.81. The molecular formula is C76H128Cl2N12O14. The van der Waals surface area contributed by atoms with Crippen LogP contribution in [-0.4, -0.2) is 290 Å². The number of hydrogen-bond acceptors (Lipinski definition) is 14. The molecule has 28 heteroatoms. The lowest BCUT2D eigenvalue weighted by Gasteiger charge is -2.57. The van der Waals surface area contributed by atoms with Crippen LogP contribution in [0.1, 0.15) is 190 Å². The van der Waals surface area contributed by atoms with E-state index in [-0.39, 0.29) is 86.7 Å². The van der Waals surface area contributed by atoms with Crippen LogP contribution in [0.5, 0.6) is 0 Å². The maximum atomic E-state index is 15.6. The summed E-state index contributed by atoms with van der Waals surface area (Å²) in [7, 11) is 14.6. The van der Waals surface area contributed by atoms with Gasteiger partial charge in [-0.05, 0) is 112 Å². The number of halogens is 2. The van der Waals surface area contributed by atoms with E-state index in [0.717, 1.165) is 37.0 Å². The number of nitrogens with one attached hydrogen (secondary N) is 3. The first-order chi connectivity index (χ1) is 48.9. The predicted octanol–water partition coefficient (Wildman–Crippen LogP) is 6.07. The Hall–Kier alpha value is -6.12. The molecule has 2 aliphatic heterocycles. The molecule has 3 unspecified atom stereocenters. The molecule has 5 rings (SSSR count). The zero-order valence-corrected chi connectivity index (χ0v) is 67.4. The molecule has 590 valence electrons. The van der Waals surface area contributed by atoms with Crippen molar-refractivity contribution in [2.75, 3.05) is 110 Å². The average Bonchev–Trinajstić information content (AvgIpc) is 0.722. The number of hydrogen-bond donors (Lipinski definition) is 3. The Morgan fingerprint density at radius 1 is 0.683 bits per heavy atom. The highest BCUT2D eigenvalue weighted by molar-refractivity contribution is 6.30. The summed E-state index contributed by atoms with van der Waals surface area (Å²) in [4.78, 5) is 191. The normalized spacial score (nSPS) is 30.4. The Bertz CT molecular complexity index is 2970. The van der Waals surface area contributed by atoms with Crippen molar-refractivity contribution in [2.24, 2.45) is 35.0 Å². The Kier molecular flexibility index (Phi) is 34.7. The van der Waals surface area contributed by atoms with E-state index in [9.17, 15) is 38.4 Å². The first-order valence-electron chi connectivity index (χ1n) is 38.2. The van der Waals surface area contributed by atoms with E-state index in [1.165, 1.54) is 103 Å². The predicted molar refractivity (Wildman–Crippen MR) is 400 cm³/mol. The molecule has 0 aromatic carbocycles. The summed E-state index contributed by atoms with van der Waals surface area (Å²) in [5.74, 6) is -7.32. The number of amides is 12. The third-order valence-corrected chi connectivity index (χ3v) is 24.2. The average molecular weight is 1500 g/mol. The van der Waals surface area contributed by atoms with Crippen LogP contribution < -0.4 is 16.0 Å². The minimum absolute atomic E-state index is 0.0491. The van der Waals surface area contributed by atoms with E-state index >= 15 is 19.2 Å². The minimum Gasteiger partial charge on any atom is -0.382 e. The van der Waals surface area contributed by atoms with Crippen molar-refractivity contribution in [2.45, 2.75) is 255 Å². The molecule has 5 aliphatic rings. The van der Waals surface area contributed by atoms with Gasteiger partial charge in [-0.25, -0.2) is 0 Å². The van der Waals surface area contributed by atoms with Crippen LogP contribution in [0.3, 0.4) is 0 Å². The van der Waals surface area contributed by atoms with Crippen LogP contribution in [0.15, 0.2) is 12.2 Å². The van der Waals surface area contributed by atoms with Crippen molar-refractivity contribution in [1.82, 2.24) is 60.0 Å². The molecule has 1 saturated heterocycles. The summed E-state index contributed by atoms with van der Waals surface area (Å²) >= 11 is 13.2. The fourth-order valence-electron chi connectivity index (χ4n) is 16.0. The van der Waals surface area contributed by atoms with Crippen molar-refractivity contribution < 1.29 is 67.0 Å². The molecule has 104 heavy (non-hydrogen) atoms. The lowest BCUT2D eigenvalue weighted by Crippen LogP contribution is -2.70. The maximum Gasteiger partial charge on any atom is 0.249 e. The van der Waals surface area contributed by atoms with E-state index in [1.807, 2.05) is 53.7 Å². The summed E-state index contributed by atoms with van der Waals surface area (Å²) in [6.45, 7) is 14.5. The van der Waals surface area contributed by atoms with Gasteiger partial charge in [0, 0.05) is 102 Å². The molecule has 2 heterocycles. The van der Waals surface area contributed by atoms with Gasteiger partial charge in [-0.15, -0.1) is 23.2 Å². The van der Waals surface area contributed by atoms with Gasteiger partial charge < -0.3 is 69.5 Å². The van der Waals surface area contributed by atoms with Crippen molar-refractivity contribution in [3.63, 3.8) is 0 Å². The molecular weight excluding hydrogens is 1380 g/mol. The summed E-state index contributed by atoms with van der Waals surface area (Å²) in [6, 6.07) is -8.51. The molecule has 4 fully saturated rings. The highest BCUT2D eigenvalue weighted by atomic mass is 35.5. The molecule has 3 aliphatic carbocycles. The van der Waals surface area contributed by atoms with E-state index < -0.39 is 156 Å². The summed E-state index contributed by atoms with van der Waals surface area (Å²) < 4.78 is 11.8. The van der Waals surface area contributed by atoms with Crippen LogP contribution in [0, 0.1) is 35.0 Å². The summed E-state index contributed by atoms with van der Waals surface area (Å²) in [5, 5.41) is 8.33. The van der Waals surface area contributed by atoms with Crippen LogP contribution in [0.4, 0.5) is 0 Å². The van der Waals surface area contributed by atoms with E-state index in [1.54, 1.807) is 14.0 Å². The number of fused-ring (bicyclic) bond motifs is 2. The molecule has 2 bridgehead atoms. The van der Waals surface area contributed by atoms with Crippen molar-refractivity contribution in [3.05, 3.63) is 12.2 Å². The fourth-order valence-corrected chi connectivity index (χ4v) is 16.6. The van der Waals surface area contributed by atoms with Crippen molar-refractivity contribution in [3.8, 4) is 0 Å². The quantitative estimate of drug-likeness (QED) is 0.117. The van der Waals surface area contributed by atoms with Crippen molar-refractivity contribution in [1.29, 1.82) is 0 Å². The van der Waals surface area contributed by atoms with Crippen molar-refractivity contribution >= 4 is 94.1 Å². The Morgan fingerprint density at radius 3 is 1.90 bits per heavy atom. The molecule has 3 N–H and O–H groups in total. The zero-order valence-electron chi connectivity index (χ0n) is 65.9. The molecule has 0 radical (unpaired) electrons. The van der Waals surface area contributed by atoms with Gasteiger partial charge in [-0.2, -0.15) is 0 Å². The third-order valence-electron chi connectivity index (χ3n) is 23.0. The number of methoxy groups -OCH3 is 1. The van der Waals surface area contributed by atoms with E-state index in [4.69, 9.17) is 32.7 Å². The van der Waals surface area contributed by atoms with Crippen LogP contribution >= 0.6 is 23.2 Å². The molecule has 0 aromatic heterocycles. The second kappa shape index (κ2) is 40.7. The van der Waals surface area contributed by atoms with Crippen LogP contribution in [0.25, 0.3) is 0 Å². The molecule has 1 spiro atoms. The molecule has 12 amide bonds. The Morgan fingerprint density at radius 2 is 1.32 bits per heavy atom. The maximum absolute atomic E-state index is 15.6. The number of likely N-dealkylation sites (N-methyl/N-ethyl adjacent to an activating group) is 8. The largest absolute Gasteiger partial charge is 0.382 e. The number of nitrogens with zero attached hydrogens (tertiary/aromatic N) is 9. The molecule has 26 nitrogen and oxygen atoms in total. The van der Waals surface area contributed by atoms with Gasteiger partial charge in [-0.3, -0.25) is 57.5 Å². The number of alkyl halides is 2. The fraction of sp³-hybridized carbons (Fsp3) is 0.816. The summed E-state index contributed by atoms with van der Waals surface area (Å²) in [6.07, 6.45) is 11.9. The lowest BCUT2D eigenvalue weighted by molar-refractivity contribution is -0.172. The SMILES string of the molecule is CCCO[C@@H]1CCC(=O)N(C)C2(CC(C)(C)C2)C(=O)N(C)[C@@H](C(CC)CC)C(=O)N(C)[C@H](C(=O)N(C)C)CC(=O)N(C)[C@@H](COC)C(=O)N[C@@H]([C@@H](C)CC)C(=O)N(C)CC(=O)N(C)[C@H]2C/C=C\CCN(C2=O)[C@@H](CC2CCC(C)CC2)C(=O)N(C)CC(=O)N[C@@H](CCC2CCC(Cl)C(Cl)C2)C(=O)NC1. The number of rotatable bonds is 16. The first-order valence-corrected chi connectivity index (χ1v) is 39.1. The molecule has 0 aromatic rings. The molecule has 3 saturated carbocycles. The standard InChI is InChI=1S/C76H128Cl2N12O14/c1-19-38-104-53-33-36-62(92)89(17)76(46-75(7,8)47-76)74(102)88(16)66(52(21-3)22-4)73(101)87(15)58(69(97)82(9)10)41-63(93)86(14)60(45-103-18)68(96)81-65(49(6)20-2)72(100)84(12)44-64(94)85(13)57-26-24-23-25-37-90(71(57)99)59(40-51-29-27-48(5)28-30-51)70(98)83(11)43-61(91)80-56(67(95)79-42-53)35-32-50-31-34-54(77)55(78)39-50/h23-24,48-60,65-66H,19-22,25-47H2,1-18H3,(H,79,95)(H,80,91)(H,81,96)/b24-23-/t48?,49-,50?,51?,53+,54?,55?,56-,57-,58-,59-,60-,65-,66-/m0/s1. The zero-order chi connectivity index (χ0) is 77.8. The van der Waals surface area contributed by atoms with E-state index in [2.05, 4.69) is 22.9 Å². The van der Waals surface area contributed by atoms with Gasteiger partial charge in [0.05, 0.1) is 37.6 Å². The smallest absolute Gasteiger partial charge is 0.249 e. The second-order valence-corrected chi connectivity index (χ2v) is 32.8. The lowest BCUT2D eigenvalue weighted by atomic mass is 9.57. The van der Waals surface area contributed by atoms with Gasteiger partial charge >= 0.3 is 0 Å². The number of carbonyl (C=O) groups is 12. The Balaban J connectivity index is 1.62.